The predicted octanol–water partition coefficient (Wildman–Crippen LogP) is 3.02. The summed E-state index contributed by atoms with van der Waals surface area (Å²) in [5.74, 6) is 0. The number of aryl methyl sites for hydroxylation is 1. The van der Waals surface area contributed by atoms with Crippen LogP contribution >= 0.6 is 12.2 Å². The van der Waals surface area contributed by atoms with Gasteiger partial charge in [0.1, 0.15) is 4.99 Å². The maximum atomic E-state index is 5.56. The molecule has 0 unspecified atom stereocenters. The van der Waals surface area contributed by atoms with E-state index in [1.54, 1.807) is 6.20 Å². The average Bonchev–Trinajstić information content (AvgIpc) is 2.40. The Bertz CT molecular complexity index is 549. The van der Waals surface area contributed by atoms with Crippen LogP contribution in [0.2, 0.25) is 0 Å². The normalized spacial score (nSPS) is 10.1. The second kappa shape index (κ2) is 5.60. The summed E-state index contributed by atoms with van der Waals surface area (Å²) in [5, 5.41) is 3.30. The van der Waals surface area contributed by atoms with Crippen molar-refractivity contribution in [2.45, 2.75) is 13.3 Å². The van der Waals surface area contributed by atoms with E-state index in [0.29, 0.717) is 10.7 Å². The zero-order valence-electron chi connectivity index (χ0n) is 10.2. The molecule has 2 rings (SSSR count). The molecule has 4 heteroatoms. The molecule has 1 aromatic carbocycles. The second-order valence-electron chi connectivity index (χ2n) is 3.97. The standard InChI is InChI=1S/C14H15N3S/c1-2-10-3-5-11(6-4-10)17-12-7-8-16-13(9-12)14(15)18/h3-9H,2H2,1H3,(H2,15,18)(H,16,17). The predicted molar refractivity (Wildman–Crippen MR) is 79.2 cm³/mol. The molecule has 0 saturated heterocycles. The number of aromatic nitrogens is 1. The molecule has 3 N–H and O–H groups in total. The van der Waals surface area contributed by atoms with Crippen LogP contribution in [0.3, 0.4) is 0 Å². The Labute approximate surface area is 112 Å². The fourth-order valence-corrected chi connectivity index (χ4v) is 1.75. The molecule has 18 heavy (non-hydrogen) atoms. The Morgan fingerprint density at radius 3 is 2.56 bits per heavy atom. The first-order valence-electron chi connectivity index (χ1n) is 5.81. The molecule has 0 fully saturated rings. The molecule has 0 spiro atoms. The molecular formula is C14H15N3S. The van der Waals surface area contributed by atoms with Gasteiger partial charge in [-0.2, -0.15) is 0 Å². The first-order valence-corrected chi connectivity index (χ1v) is 6.21. The van der Waals surface area contributed by atoms with Gasteiger partial charge in [-0.3, -0.25) is 4.98 Å². The smallest absolute Gasteiger partial charge is 0.122 e. The third-order valence-corrected chi connectivity index (χ3v) is 2.87. The lowest BCUT2D eigenvalue weighted by Crippen LogP contribution is -2.11. The van der Waals surface area contributed by atoms with Gasteiger partial charge in [-0.05, 0) is 36.2 Å². The van der Waals surface area contributed by atoms with E-state index in [0.717, 1.165) is 17.8 Å². The van der Waals surface area contributed by atoms with Gasteiger partial charge in [-0.25, -0.2) is 0 Å². The van der Waals surface area contributed by atoms with E-state index in [1.165, 1.54) is 5.56 Å². The minimum Gasteiger partial charge on any atom is -0.388 e. The van der Waals surface area contributed by atoms with Gasteiger partial charge in [0.2, 0.25) is 0 Å². The highest BCUT2D eigenvalue weighted by atomic mass is 32.1. The lowest BCUT2D eigenvalue weighted by Gasteiger charge is -2.08. The quantitative estimate of drug-likeness (QED) is 0.827. The highest BCUT2D eigenvalue weighted by Gasteiger charge is 2.00. The number of nitrogens with two attached hydrogens (primary N) is 1. The summed E-state index contributed by atoms with van der Waals surface area (Å²) in [7, 11) is 0. The van der Waals surface area contributed by atoms with Crippen LogP contribution in [0.4, 0.5) is 11.4 Å². The molecule has 1 aromatic heterocycles. The maximum Gasteiger partial charge on any atom is 0.122 e. The van der Waals surface area contributed by atoms with Gasteiger partial charge >= 0.3 is 0 Å². The molecule has 92 valence electrons. The number of rotatable bonds is 4. The molecule has 0 aliphatic rings. The molecule has 0 atom stereocenters. The van der Waals surface area contributed by atoms with Crippen molar-refractivity contribution in [3.05, 3.63) is 53.9 Å². The highest BCUT2D eigenvalue weighted by molar-refractivity contribution is 7.80. The van der Waals surface area contributed by atoms with Crippen molar-refractivity contribution in [3.63, 3.8) is 0 Å². The van der Waals surface area contributed by atoms with Crippen molar-refractivity contribution in [3.8, 4) is 0 Å². The summed E-state index contributed by atoms with van der Waals surface area (Å²) in [5.41, 5.74) is 9.46. The largest absolute Gasteiger partial charge is 0.388 e. The van der Waals surface area contributed by atoms with E-state index in [1.807, 2.05) is 12.1 Å². The maximum absolute atomic E-state index is 5.56. The monoisotopic (exact) mass is 257 g/mol. The van der Waals surface area contributed by atoms with Gasteiger partial charge in [-0.15, -0.1) is 0 Å². The molecule has 0 radical (unpaired) electrons. The third kappa shape index (κ3) is 3.05. The van der Waals surface area contributed by atoms with E-state index in [9.17, 15) is 0 Å². The number of hydrogen-bond donors (Lipinski definition) is 2. The summed E-state index contributed by atoms with van der Waals surface area (Å²) in [6.07, 6.45) is 2.73. The molecule has 0 amide bonds. The van der Waals surface area contributed by atoms with Gasteiger partial charge in [0, 0.05) is 17.6 Å². The van der Waals surface area contributed by atoms with Crippen molar-refractivity contribution in [1.29, 1.82) is 0 Å². The first-order chi connectivity index (χ1) is 8.69. The molecular weight excluding hydrogens is 242 g/mol. The van der Waals surface area contributed by atoms with Crippen LogP contribution in [0.5, 0.6) is 0 Å². The van der Waals surface area contributed by atoms with Crippen LogP contribution in [0, 0.1) is 0 Å². The summed E-state index contributed by atoms with van der Waals surface area (Å²) in [6, 6.07) is 12.1. The number of benzene rings is 1. The average molecular weight is 257 g/mol. The number of thiocarbonyl (C=S) groups is 1. The summed E-state index contributed by atoms with van der Waals surface area (Å²) >= 11 is 4.91. The number of hydrogen-bond acceptors (Lipinski definition) is 3. The van der Waals surface area contributed by atoms with E-state index < -0.39 is 0 Å². The Kier molecular flexibility index (Phi) is 3.89. The lowest BCUT2D eigenvalue weighted by molar-refractivity contribution is 1.14. The number of anilines is 2. The van der Waals surface area contributed by atoms with Gasteiger partial charge in [0.15, 0.2) is 0 Å². The first kappa shape index (κ1) is 12.5. The SMILES string of the molecule is CCc1ccc(Nc2ccnc(C(N)=S)c2)cc1. The van der Waals surface area contributed by atoms with E-state index in [-0.39, 0.29) is 0 Å². The van der Waals surface area contributed by atoms with Gasteiger partial charge in [0.05, 0.1) is 5.69 Å². The van der Waals surface area contributed by atoms with Crippen LogP contribution < -0.4 is 11.1 Å². The fourth-order valence-electron chi connectivity index (χ4n) is 1.63. The number of nitrogens with one attached hydrogen (secondary N) is 1. The molecule has 0 saturated carbocycles. The lowest BCUT2D eigenvalue weighted by atomic mass is 10.1. The molecule has 0 bridgehead atoms. The minimum atomic E-state index is 0.306. The van der Waals surface area contributed by atoms with Crippen LogP contribution in [0.1, 0.15) is 18.2 Å². The topological polar surface area (TPSA) is 50.9 Å². The Hall–Kier alpha value is -1.94. The van der Waals surface area contributed by atoms with Gasteiger partial charge in [-0.1, -0.05) is 31.3 Å². The van der Waals surface area contributed by atoms with Gasteiger partial charge < -0.3 is 11.1 Å². The summed E-state index contributed by atoms with van der Waals surface area (Å²) in [6.45, 7) is 2.14. The Morgan fingerprint density at radius 1 is 1.22 bits per heavy atom. The minimum absolute atomic E-state index is 0.306. The zero-order valence-corrected chi connectivity index (χ0v) is 11.0. The second-order valence-corrected chi connectivity index (χ2v) is 4.41. The fraction of sp³-hybridized carbons (Fsp3) is 0.143. The highest BCUT2D eigenvalue weighted by Crippen LogP contribution is 2.17. The molecule has 0 aliphatic heterocycles. The Balaban J connectivity index is 2.17. The van der Waals surface area contributed by atoms with Crippen molar-refractivity contribution in [2.24, 2.45) is 5.73 Å². The van der Waals surface area contributed by atoms with E-state index in [4.69, 9.17) is 18.0 Å². The molecule has 2 aromatic rings. The van der Waals surface area contributed by atoms with Crippen molar-refractivity contribution in [2.75, 3.05) is 5.32 Å². The van der Waals surface area contributed by atoms with E-state index >= 15 is 0 Å². The van der Waals surface area contributed by atoms with Crippen LogP contribution in [-0.4, -0.2) is 9.97 Å². The van der Waals surface area contributed by atoms with Crippen LogP contribution in [0.25, 0.3) is 0 Å². The zero-order chi connectivity index (χ0) is 13.0. The van der Waals surface area contributed by atoms with Crippen LogP contribution in [0.15, 0.2) is 42.6 Å². The van der Waals surface area contributed by atoms with Crippen LogP contribution in [-0.2, 0) is 6.42 Å². The van der Waals surface area contributed by atoms with Crippen molar-refractivity contribution < 1.29 is 0 Å². The van der Waals surface area contributed by atoms with E-state index in [2.05, 4.69) is 41.5 Å². The summed E-state index contributed by atoms with van der Waals surface area (Å²) < 4.78 is 0. The van der Waals surface area contributed by atoms with Crippen molar-refractivity contribution in [1.82, 2.24) is 4.98 Å². The molecule has 3 nitrogen and oxygen atoms in total. The molecule has 0 aliphatic carbocycles. The summed E-state index contributed by atoms with van der Waals surface area (Å²) in [4.78, 5) is 4.41. The molecule has 1 heterocycles. The van der Waals surface area contributed by atoms with Gasteiger partial charge in [0.25, 0.3) is 0 Å². The number of nitrogens with zero attached hydrogens (tertiary/aromatic N) is 1. The third-order valence-electron chi connectivity index (χ3n) is 2.66. The number of pyridine rings is 1. The Morgan fingerprint density at radius 2 is 1.94 bits per heavy atom. The van der Waals surface area contributed by atoms with Crippen molar-refractivity contribution >= 4 is 28.6 Å².